The summed E-state index contributed by atoms with van der Waals surface area (Å²) in [6.45, 7) is 4.56. The number of nitrogens with one attached hydrogen (secondary N) is 1. The summed E-state index contributed by atoms with van der Waals surface area (Å²) in [6.07, 6.45) is 2.26. The van der Waals surface area contributed by atoms with Gasteiger partial charge in [0.1, 0.15) is 0 Å². The Morgan fingerprint density at radius 2 is 2.31 bits per heavy atom. The van der Waals surface area contributed by atoms with Gasteiger partial charge in [-0.1, -0.05) is 12.2 Å². The van der Waals surface area contributed by atoms with Crippen LogP contribution in [0.5, 0.6) is 0 Å². The van der Waals surface area contributed by atoms with Crippen LogP contribution in [0.3, 0.4) is 0 Å². The number of rotatable bonds is 4. The molecule has 1 atom stereocenters. The van der Waals surface area contributed by atoms with Crippen LogP contribution in [0.25, 0.3) is 0 Å². The van der Waals surface area contributed by atoms with Gasteiger partial charge in [0.05, 0.1) is 11.0 Å². The number of sulfone groups is 1. The van der Waals surface area contributed by atoms with Crippen LogP contribution in [0.2, 0.25) is 0 Å². The van der Waals surface area contributed by atoms with Gasteiger partial charge in [-0.15, -0.1) is 0 Å². The quantitative estimate of drug-likeness (QED) is 0.685. The van der Waals surface area contributed by atoms with Gasteiger partial charge in [0.25, 0.3) is 0 Å². The van der Waals surface area contributed by atoms with Gasteiger partial charge in [0.2, 0.25) is 0 Å². The zero-order valence-corrected chi connectivity index (χ0v) is 8.86. The smallest absolute Gasteiger partial charge is 0.153 e. The average Bonchev–Trinajstić information content (AvgIpc) is 2.31. The molecule has 0 amide bonds. The highest BCUT2D eigenvalue weighted by atomic mass is 32.2. The standard InChI is InChI=1S/C9H17NO2S/c1-8(7-10-2)6-9-4-3-5-13(9,11)12/h9-10H,1,3-7H2,2H3. The van der Waals surface area contributed by atoms with E-state index >= 15 is 0 Å². The number of likely N-dealkylation sites (N-methyl/N-ethyl adjacent to an activating group) is 1. The molecule has 1 aliphatic rings. The first-order chi connectivity index (χ1) is 6.06. The molecule has 1 unspecified atom stereocenters. The van der Waals surface area contributed by atoms with Gasteiger partial charge >= 0.3 is 0 Å². The van der Waals surface area contributed by atoms with Gasteiger partial charge in [-0.25, -0.2) is 8.42 Å². The van der Waals surface area contributed by atoms with Gasteiger partial charge in [0.15, 0.2) is 9.84 Å². The Bertz CT molecular complexity index is 282. The van der Waals surface area contributed by atoms with E-state index in [-0.39, 0.29) is 5.25 Å². The lowest BCUT2D eigenvalue weighted by Gasteiger charge is -2.10. The van der Waals surface area contributed by atoms with Crippen molar-refractivity contribution in [2.24, 2.45) is 0 Å². The van der Waals surface area contributed by atoms with Crippen LogP contribution in [0, 0.1) is 0 Å². The first-order valence-electron chi connectivity index (χ1n) is 4.59. The summed E-state index contributed by atoms with van der Waals surface area (Å²) in [7, 11) is -0.947. The predicted octanol–water partition coefficient (Wildman–Crippen LogP) is 0.729. The lowest BCUT2D eigenvalue weighted by molar-refractivity contribution is 0.587. The van der Waals surface area contributed by atoms with Crippen LogP contribution in [0.1, 0.15) is 19.3 Å². The van der Waals surface area contributed by atoms with E-state index in [2.05, 4.69) is 11.9 Å². The molecule has 0 radical (unpaired) electrons. The molecule has 76 valence electrons. The van der Waals surface area contributed by atoms with Gasteiger partial charge in [-0.3, -0.25) is 0 Å². The minimum atomic E-state index is -2.79. The molecule has 0 aromatic heterocycles. The van der Waals surface area contributed by atoms with E-state index in [1.54, 1.807) is 0 Å². The van der Waals surface area contributed by atoms with Crippen LogP contribution in [0.4, 0.5) is 0 Å². The van der Waals surface area contributed by atoms with E-state index in [1.807, 2.05) is 7.05 Å². The molecule has 1 saturated heterocycles. The molecule has 4 heteroatoms. The number of hydrogen-bond acceptors (Lipinski definition) is 3. The summed E-state index contributed by atoms with van der Waals surface area (Å²) in [6, 6.07) is 0. The van der Waals surface area contributed by atoms with Gasteiger partial charge in [-0.2, -0.15) is 0 Å². The molecule has 13 heavy (non-hydrogen) atoms. The van der Waals surface area contributed by atoms with E-state index < -0.39 is 9.84 Å². The van der Waals surface area contributed by atoms with Crippen molar-refractivity contribution in [3.05, 3.63) is 12.2 Å². The Balaban J connectivity index is 2.50. The van der Waals surface area contributed by atoms with E-state index in [0.29, 0.717) is 18.7 Å². The van der Waals surface area contributed by atoms with Gasteiger partial charge in [0, 0.05) is 6.54 Å². The molecule has 0 aliphatic carbocycles. The second kappa shape index (κ2) is 4.24. The minimum Gasteiger partial charge on any atom is -0.316 e. The Morgan fingerprint density at radius 3 is 2.77 bits per heavy atom. The Hall–Kier alpha value is -0.350. The first kappa shape index (κ1) is 10.7. The summed E-state index contributed by atoms with van der Waals surface area (Å²) in [5.41, 5.74) is 0.984. The highest BCUT2D eigenvalue weighted by molar-refractivity contribution is 7.92. The highest BCUT2D eigenvalue weighted by Crippen LogP contribution is 2.24. The summed E-state index contributed by atoms with van der Waals surface area (Å²) >= 11 is 0. The van der Waals surface area contributed by atoms with Crippen molar-refractivity contribution in [1.82, 2.24) is 5.32 Å². The second-order valence-corrected chi connectivity index (χ2v) is 6.02. The van der Waals surface area contributed by atoms with Crippen molar-refractivity contribution in [2.45, 2.75) is 24.5 Å². The Kier molecular flexibility index (Phi) is 3.50. The predicted molar refractivity (Wildman–Crippen MR) is 54.5 cm³/mol. The molecule has 0 aromatic rings. The van der Waals surface area contributed by atoms with Crippen molar-refractivity contribution in [1.29, 1.82) is 0 Å². The minimum absolute atomic E-state index is 0.159. The summed E-state index contributed by atoms with van der Waals surface area (Å²) in [5, 5.41) is 2.82. The second-order valence-electron chi connectivity index (χ2n) is 3.62. The van der Waals surface area contributed by atoms with Crippen molar-refractivity contribution >= 4 is 9.84 Å². The molecule has 1 fully saturated rings. The van der Waals surface area contributed by atoms with Crippen LogP contribution < -0.4 is 5.32 Å². The van der Waals surface area contributed by atoms with Gasteiger partial charge in [-0.05, 0) is 26.3 Å². The maximum Gasteiger partial charge on any atom is 0.153 e. The fourth-order valence-electron chi connectivity index (χ4n) is 1.73. The SMILES string of the molecule is C=C(CNC)CC1CCCS1(=O)=O. The number of hydrogen-bond donors (Lipinski definition) is 1. The fourth-order valence-corrected chi connectivity index (χ4v) is 3.65. The molecule has 1 N–H and O–H groups in total. The zero-order chi connectivity index (χ0) is 9.90. The largest absolute Gasteiger partial charge is 0.316 e. The van der Waals surface area contributed by atoms with Crippen LogP contribution in [-0.2, 0) is 9.84 Å². The molecule has 3 nitrogen and oxygen atoms in total. The zero-order valence-electron chi connectivity index (χ0n) is 8.04. The summed E-state index contributed by atoms with van der Waals surface area (Å²) in [4.78, 5) is 0. The Labute approximate surface area is 80.1 Å². The highest BCUT2D eigenvalue weighted by Gasteiger charge is 2.31. The van der Waals surface area contributed by atoms with Crippen molar-refractivity contribution < 1.29 is 8.42 Å². The molecule has 1 rings (SSSR count). The van der Waals surface area contributed by atoms with Crippen LogP contribution in [-0.4, -0.2) is 33.0 Å². The van der Waals surface area contributed by atoms with Crippen LogP contribution in [0.15, 0.2) is 12.2 Å². The molecule has 0 aromatic carbocycles. The van der Waals surface area contributed by atoms with Crippen LogP contribution >= 0.6 is 0 Å². The third kappa shape index (κ3) is 2.81. The van der Waals surface area contributed by atoms with E-state index in [4.69, 9.17) is 0 Å². The maximum absolute atomic E-state index is 11.4. The molecular weight excluding hydrogens is 186 g/mol. The molecule has 1 aliphatic heterocycles. The van der Waals surface area contributed by atoms with Crippen molar-refractivity contribution in [3.63, 3.8) is 0 Å². The van der Waals surface area contributed by atoms with E-state index in [0.717, 1.165) is 18.4 Å². The maximum atomic E-state index is 11.4. The molecule has 0 saturated carbocycles. The topological polar surface area (TPSA) is 46.2 Å². The summed E-state index contributed by atoms with van der Waals surface area (Å²) < 4.78 is 22.9. The molecule has 0 spiro atoms. The fraction of sp³-hybridized carbons (Fsp3) is 0.778. The molecule has 1 heterocycles. The molecule has 0 bridgehead atoms. The lowest BCUT2D eigenvalue weighted by Crippen LogP contribution is -2.19. The van der Waals surface area contributed by atoms with E-state index in [9.17, 15) is 8.42 Å². The normalized spacial score (nSPS) is 26.1. The van der Waals surface area contributed by atoms with E-state index in [1.165, 1.54) is 0 Å². The van der Waals surface area contributed by atoms with Gasteiger partial charge < -0.3 is 5.32 Å². The van der Waals surface area contributed by atoms with Crippen molar-refractivity contribution in [3.8, 4) is 0 Å². The lowest BCUT2D eigenvalue weighted by atomic mass is 10.1. The monoisotopic (exact) mass is 203 g/mol. The average molecular weight is 203 g/mol. The third-order valence-corrected chi connectivity index (χ3v) is 4.68. The third-order valence-electron chi connectivity index (χ3n) is 2.41. The Morgan fingerprint density at radius 1 is 1.62 bits per heavy atom. The molecular formula is C9H17NO2S. The first-order valence-corrected chi connectivity index (χ1v) is 6.30. The summed E-state index contributed by atoms with van der Waals surface area (Å²) in [5.74, 6) is 0.366. The van der Waals surface area contributed by atoms with Crippen molar-refractivity contribution in [2.75, 3.05) is 19.3 Å².